The molecule has 0 unspecified atom stereocenters. The molecule has 0 atom stereocenters. The van der Waals surface area contributed by atoms with E-state index < -0.39 is 11.8 Å². The van der Waals surface area contributed by atoms with Crippen LogP contribution in [0.25, 0.3) is 10.9 Å². The highest BCUT2D eigenvalue weighted by Gasteiger charge is 2.12. The third kappa shape index (κ3) is 5.40. The summed E-state index contributed by atoms with van der Waals surface area (Å²) < 4.78 is 12.8. The second kappa shape index (κ2) is 10.1. The van der Waals surface area contributed by atoms with E-state index in [4.69, 9.17) is 9.47 Å². The number of benzene rings is 2. The van der Waals surface area contributed by atoms with Crippen LogP contribution in [0.15, 0.2) is 52.0 Å². The first-order valence-corrected chi connectivity index (χ1v) is 10.3. The molecular weight excluding hydrogens is 468 g/mol. The maximum Gasteiger partial charge on any atom is 0.269 e. The number of nitrogens with zero attached hydrogens (tertiary/aromatic N) is 2. The Morgan fingerprint density at radius 3 is 2.68 bits per heavy atom. The molecule has 1 heterocycles. The molecule has 0 spiro atoms. The van der Waals surface area contributed by atoms with E-state index >= 15 is 0 Å². The molecule has 10 heteroatoms. The Morgan fingerprint density at radius 1 is 1.13 bits per heavy atom. The van der Waals surface area contributed by atoms with Crippen LogP contribution in [-0.2, 0) is 11.3 Å². The number of fused-ring (bicyclic) bond motifs is 1. The van der Waals surface area contributed by atoms with Gasteiger partial charge >= 0.3 is 0 Å². The quantitative estimate of drug-likeness (QED) is 0.494. The van der Waals surface area contributed by atoms with Crippen LogP contribution in [0.1, 0.15) is 23.7 Å². The molecule has 3 rings (SSSR count). The third-order valence-corrected chi connectivity index (χ3v) is 4.90. The van der Waals surface area contributed by atoms with E-state index in [1.165, 1.54) is 24.1 Å². The first kappa shape index (κ1) is 22.3. The van der Waals surface area contributed by atoms with E-state index in [0.29, 0.717) is 34.6 Å². The topological polar surface area (TPSA) is 112 Å². The lowest BCUT2D eigenvalue weighted by Crippen LogP contribution is -2.42. The molecule has 3 aromatic rings. The van der Waals surface area contributed by atoms with E-state index in [2.05, 4.69) is 31.8 Å². The summed E-state index contributed by atoms with van der Waals surface area (Å²) in [6, 6.07) is 9.93. The van der Waals surface area contributed by atoms with Gasteiger partial charge in [0.15, 0.2) is 11.5 Å². The Balaban J connectivity index is 1.58. The number of methoxy groups -OCH3 is 1. The van der Waals surface area contributed by atoms with Crippen LogP contribution in [0.4, 0.5) is 0 Å². The number of hydrogen-bond acceptors (Lipinski definition) is 6. The predicted molar refractivity (Wildman–Crippen MR) is 118 cm³/mol. The highest BCUT2D eigenvalue weighted by molar-refractivity contribution is 9.10. The fourth-order valence-corrected chi connectivity index (χ4v) is 3.22. The van der Waals surface area contributed by atoms with Gasteiger partial charge in [0.2, 0.25) is 5.91 Å². The Morgan fingerprint density at radius 2 is 1.94 bits per heavy atom. The Kier molecular flexibility index (Phi) is 7.24. The number of rotatable bonds is 7. The number of carbonyl (C=O) groups is 2. The molecule has 2 aromatic carbocycles. The number of ether oxygens (including phenoxy) is 2. The van der Waals surface area contributed by atoms with Crippen molar-refractivity contribution >= 4 is 38.6 Å². The molecule has 0 radical (unpaired) electrons. The lowest BCUT2D eigenvalue weighted by Gasteiger charge is -2.12. The monoisotopic (exact) mass is 488 g/mol. The maximum absolute atomic E-state index is 12.6. The van der Waals surface area contributed by atoms with Gasteiger partial charge in [0.1, 0.15) is 0 Å². The van der Waals surface area contributed by atoms with Crippen molar-refractivity contribution in [1.82, 2.24) is 20.4 Å². The summed E-state index contributed by atoms with van der Waals surface area (Å²) in [4.78, 5) is 41.2. The van der Waals surface area contributed by atoms with Crippen molar-refractivity contribution in [2.75, 3.05) is 13.7 Å². The van der Waals surface area contributed by atoms with Crippen molar-refractivity contribution in [2.45, 2.75) is 19.9 Å². The highest BCUT2D eigenvalue weighted by Crippen LogP contribution is 2.27. The molecule has 2 amide bonds. The summed E-state index contributed by atoms with van der Waals surface area (Å²) in [5, 5.41) is 0.454. The molecule has 0 aliphatic rings. The second-order valence-corrected chi connectivity index (χ2v) is 7.37. The average molecular weight is 489 g/mol. The van der Waals surface area contributed by atoms with Crippen LogP contribution in [0.3, 0.4) is 0 Å². The molecule has 1 aromatic heterocycles. The van der Waals surface area contributed by atoms with E-state index in [-0.39, 0.29) is 18.5 Å². The lowest BCUT2D eigenvalue weighted by molar-refractivity contribution is -0.122. The second-order valence-electron chi connectivity index (χ2n) is 6.46. The van der Waals surface area contributed by atoms with Gasteiger partial charge in [0.05, 0.1) is 30.9 Å². The van der Waals surface area contributed by atoms with Gasteiger partial charge in [-0.2, -0.15) is 0 Å². The molecule has 0 saturated carbocycles. The Hall–Kier alpha value is -3.40. The number of hydrazine groups is 1. The predicted octanol–water partition coefficient (Wildman–Crippen LogP) is 2.42. The van der Waals surface area contributed by atoms with Crippen molar-refractivity contribution in [3.63, 3.8) is 0 Å². The van der Waals surface area contributed by atoms with E-state index in [9.17, 15) is 14.4 Å². The van der Waals surface area contributed by atoms with E-state index in [1.807, 2.05) is 6.92 Å². The summed E-state index contributed by atoms with van der Waals surface area (Å²) in [7, 11) is 1.48. The van der Waals surface area contributed by atoms with Crippen LogP contribution in [0.5, 0.6) is 11.5 Å². The van der Waals surface area contributed by atoms with Gasteiger partial charge in [0.25, 0.3) is 11.5 Å². The van der Waals surface area contributed by atoms with Gasteiger partial charge in [-0.05, 0) is 43.3 Å². The van der Waals surface area contributed by atoms with Crippen LogP contribution >= 0.6 is 15.9 Å². The van der Waals surface area contributed by atoms with Gasteiger partial charge in [-0.3, -0.25) is 29.8 Å². The third-order valence-electron chi connectivity index (χ3n) is 4.41. The smallest absolute Gasteiger partial charge is 0.269 e. The number of halogens is 1. The summed E-state index contributed by atoms with van der Waals surface area (Å²) in [5.41, 5.74) is 5.31. The SMILES string of the molecule is CCOc1ccc(C(=O)NNC(=O)CCn2cnc3ccc(Br)cc3c2=O)cc1OC. The number of carbonyl (C=O) groups excluding carboxylic acids is 2. The zero-order valence-electron chi connectivity index (χ0n) is 17.0. The Bertz CT molecular complexity index is 1180. The first-order valence-electron chi connectivity index (χ1n) is 9.47. The van der Waals surface area contributed by atoms with Gasteiger partial charge in [0, 0.05) is 23.0 Å². The lowest BCUT2D eigenvalue weighted by atomic mass is 10.2. The molecular formula is C21H21BrN4O5. The molecule has 9 nitrogen and oxygen atoms in total. The standard InChI is InChI=1S/C21H21BrN4O5/c1-3-31-17-7-4-13(10-18(17)30-2)20(28)25-24-19(27)8-9-26-12-23-16-6-5-14(22)11-15(16)21(26)29/h4-7,10-12H,3,8-9H2,1-2H3,(H,24,27)(H,25,28). The van der Waals surface area contributed by atoms with Crippen molar-refractivity contribution in [1.29, 1.82) is 0 Å². The zero-order chi connectivity index (χ0) is 22.4. The minimum absolute atomic E-state index is 0.0199. The molecule has 0 saturated heterocycles. The summed E-state index contributed by atoms with van der Waals surface area (Å²) in [5.74, 6) is -0.0285. The Labute approximate surface area is 186 Å². The summed E-state index contributed by atoms with van der Waals surface area (Å²) >= 11 is 3.33. The normalized spacial score (nSPS) is 10.5. The maximum atomic E-state index is 12.6. The van der Waals surface area contributed by atoms with Crippen LogP contribution in [-0.4, -0.2) is 35.1 Å². The van der Waals surface area contributed by atoms with Gasteiger partial charge in [-0.1, -0.05) is 15.9 Å². The van der Waals surface area contributed by atoms with Crippen molar-refractivity contribution < 1.29 is 19.1 Å². The van der Waals surface area contributed by atoms with Crippen molar-refractivity contribution in [3.8, 4) is 11.5 Å². The average Bonchev–Trinajstić information content (AvgIpc) is 2.77. The van der Waals surface area contributed by atoms with E-state index in [0.717, 1.165) is 4.47 Å². The molecule has 0 fully saturated rings. The fourth-order valence-electron chi connectivity index (χ4n) is 2.86. The summed E-state index contributed by atoms with van der Waals surface area (Å²) in [6.07, 6.45) is 1.38. The minimum Gasteiger partial charge on any atom is -0.493 e. The number of hydrogen-bond donors (Lipinski definition) is 2. The first-order chi connectivity index (χ1) is 14.9. The van der Waals surface area contributed by atoms with Gasteiger partial charge < -0.3 is 9.47 Å². The fraction of sp³-hybridized carbons (Fsp3) is 0.238. The van der Waals surface area contributed by atoms with E-state index in [1.54, 1.807) is 30.3 Å². The minimum atomic E-state index is -0.510. The highest BCUT2D eigenvalue weighted by atomic mass is 79.9. The van der Waals surface area contributed by atoms with Crippen LogP contribution in [0, 0.1) is 0 Å². The molecule has 31 heavy (non-hydrogen) atoms. The number of amides is 2. The molecule has 0 aliphatic carbocycles. The molecule has 0 aliphatic heterocycles. The largest absolute Gasteiger partial charge is 0.493 e. The summed E-state index contributed by atoms with van der Waals surface area (Å²) in [6.45, 7) is 2.43. The van der Waals surface area contributed by atoms with Crippen LogP contribution < -0.4 is 25.9 Å². The number of aromatic nitrogens is 2. The zero-order valence-corrected chi connectivity index (χ0v) is 18.6. The van der Waals surface area contributed by atoms with Crippen molar-refractivity contribution in [2.24, 2.45) is 0 Å². The molecule has 162 valence electrons. The molecule has 2 N–H and O–H groups in total. The number of aryl methyl sites for hydroxylation is 1. The van der Waals surface area contributed by atoms with Crippen LogP contribution in [0.2, 0.25) is 0 Å². The van der Waals surface area contributed by atoms with Gasteiger partial charge in [-0.25, -0.2) is 4.98 Å². The van der Waals surface area contributed by atoms with Gasteiger partial charge in [-0.15, -0.1) is 0 Å². The number of nitrogens with one attached hydrogen (secondary N) is 2. The van der Waals surface area contributed by atoms with Crippen molar-refractivity contribution in [3.05, 3.63) is 63.1 Å². The molecule has 0 bridgehead atoms.